The highest BCUT2D eigenvalue weighted by molar-refractivity contribution is 6.09. The van der Waals surface area contributed by atoms with Crippen molar-refractivity contribution in [1.82, 2.24) is 0 Å². The first-order chi connectivity index (χ1) is 11.8. The quantitative estimate of drug-likeness (QED) is 0.810. The number of para-hydroxylation sites is 1. The Morgan fingerprint density at radius 1 is 1.00 bits per heavy atom. The molecule has 24 heavy (non-hydrogen) atoms. The summed E-state index contributed by atoms with van der Waals surface area (Å²) in [7, 11) is 0. The average molecular weight is 322 g/mol. The zero-order chi connectivity index (χ0) is 16.1. The largest absolute Gasteiger partial charge is 0.454 e. The van der Waals surface area contributed by atoms with Gasteiger partial charge < -0.3 is 19.3 Å². The van der Waals surface area contributed by atoms with Gasteiger partial charge in [0.15, 0.2) is 11.5 Å². The maximum atomic E-state index is 13.1. The van der Waals surface area contributed by atoms with Crippen molar-refractivity contribution in [2.45, 2.75) is 12.8 Å². The van der Waals surface area contributed by atoms with E-state index in [2.05, 4.69) is 23.1 Å². The number of aryl methyl sites for hydroxylation is 1. The van der Waals surface area contributed by atoms with E-state index in [0.29, 0.717) is 23.6 Å². The van der Waals surface area contributed by atoms with Gasteiger partial charge in [-0.3, -0.25) is 4.79 Å². The molecule has 0 atom stereocenters. The normalized spacial score (nSPS) is 17.7. The second kappa shape index (κ2) is 5.16. The molecule has 2 aromatic rings. The summed E-state index contributed by atoms with van der Waals surface area (Å²) in [6, 6.07) is 11.7. The van der Waals surface area contributed by atoms with E-state index in [0.717, 1.165) is 25.2 Å². The molecule has 0 saturated carbocycles. The Kier molecular flexibility index (Phi) is 2.95. The Bertz CT molecular complexity index is 833. The van der Waals surface area contributed by atoms with Crippen LogP contribution in [0.3, 0.4) is 0 Å². The van der Waals surface area contributed by atoms with Crippen molar-refractivity contribution in [3.63, 3.8) is 0 Å². The van der Waals surface area contributed by atoms with Gasteiger partial charge in [0.25, 0.3) is 5.91 Å². The Hall–Kier alpha value is -2.69. The number of benzene rings is 2. The Morgan fingerprint density at radius 2 is 1.92 bits per heavy atom. The van der Waals surface area contributed by atoms with Crippen LogP contribution in [0.4, 0.5) is 11.4 Å². The van der Waals surface area contributed by atoms with E-state index in [9.17, 15) is 4.79 Å². The lowest BCUT2D eigenvalue weighted by atomic mass is 9.97. The molecule has 0 radical (unpaired) electrons. The molecule has 0 spiro atoms. The lowest BCUT2D eigenvalue weighted by molar-refractivity contribution is 0.0986. The van der Waals surface area contributed by atoms with Crippen LogP contribution in [0.1, 0.15) is 22.3 Å². The van der Waals surface area contributed by atoms with E-state index >= 15 is 0 Å². The summed E-state index contributed by atoms with van der Waals surface area (Å²) in [6.07, 6.45) is 2.28. The number of hydrogen-bond donors (Lipinski definition) is 0. The summed E-state index contributed by atoms with van der Waals surface area (Å²) >= 11 is 0. The summed E-state index contributed by atoms with van der Waals surface area (Å²) < 4.78 is 10.7. The second-order valence-electron chi connectivity index (χ2n) is 6.40. The van der Waals surface area contributed by atoms with Crippen molar-refractivity contribution in [2.75, 3.05) is 36.2 Å². The molecule has 3 heterocycles. The summed E-state index contributed by atoms with van der Waals surface area (Å²) in [5.41, 5.74) is 4.26. The lowest BCUT2D eigenvalue weighted by Gasteiger charge is -2.41. The van der Waals surface area contributed by atoms with Gasteiger partial charge in [0.05, 0.1) is 11.4 Å². The maximum absolute atomic E-state index is 13.1. The summed E-state index contributed by atoms with van der Waals surface area (Å²) in [5, 5.41) is 0. The third-order valence-corrected chi connectivity index (χ3v) is 5.04. The molecule has 0 aromatic heterocycles. The van der Waals surface area contributed by atoms with Crippen molar-refractivity contribution in [3.8, 4) is 11.5 Å². The molecule has 5 nitrogen and oxygen atoms in total. The molecule has 0 N–H and O–H groups in total. The predicted molar refractivity (Wildman–Crippen MR) is 91.2 cm³/mol. The predicted octanol–water partition coefficient (Wildman–Crippen LogP) is 2.83. The SMILES string of the molecule is O=C(c1ccc2c(c1)OCO2)N1CCN2CCCc3cccc1c32. The third-order valence-electron chi connectivity index (χ3n) is 5.04. The fraction of sp³-hybridized carbons (Fsp3) is 0.316. The van der Waals surface area contributed by atoms with Crippen LogP contribution in [0.2, 0.25) is 0 Å². The molecule has 0 bridgehead atoms. The molecule has 0 fully saturated rings. The topological polar surface area (TPSA) is 42.0 Å². The zero-order valence-corrected chi connectivity index (χ0v) is 13.3. The van der Waals surface area contributed by atoms with Crippen LogP contribution in [0.15, 0.2) is 36.4 Å². The molecule has 0 aliphatic carbocycles. The van der Waals surface area contributed by atoms with Crippen LogP contribution in [-0.2, 0) is 6.42 Å². The molecule has 1 amide bonds. The molecule has 122 valence electrons. The molecule has 5 heteroatoms. The molecule has 3 aliphatic heterocycles. The van der Waals surface area contributed by atoms with Crippen LogP contribution < -0.4 is 19.3 Å². The van der Waals surface area contributed by atoms with Crippen molar-refractivity contribution >= 4 is 17.3 Å². The molecule has 0 unspecified atom stereocenters. The van der Waals surface area contributed by atoms with Crippen LogP contribution in [-0.4, -0.2) is 32.3 Å². The van der Waals surface area contributed by atoms with Gasteiger partial charge >= 0.3 is 0 Å². The number of rotatable bonds is 1. The Labute approximate surface area is 140 Å². The zero-order valence-electron chi connectivity index (χ0n) is 13.3. The molecule has 3 aliphatic rings. The second-order valence-corrected chi connectivity index (χ2v) is 6.40. The van der Waals surface area contributed by atoms with E-state index in [4.69, 9.17) is 9.47 Å². The Balaban J connectivity index is 1.54. The highest BCUT2D eigenvalue weighted by atomic mass is 16.7. The van der Waals surface area contributed by atoms with Gasteiger partial charge in [-0.15, -0.1) is 0 Å². The standard InChI is InChI=1S/C19H18N2O3/c22-19(14-6-7-16-17(11-14)24-12-23-16)21-10-9-20-8-2-4-13-3-1-5-15(21)18(13)20/h1,3,5-7,11H,2,4,8-10,12H2. The number of amides is 1. The average Bonchev–Trinajstić information content (AvgIpc) is 3.10. The van der Waals surface area contributed by atoms with Gasteiger partial charge in [-0.05, 0) is 42.7 Å². The summed E-state index contributed by atoms with van der Waals surface area (Å²) in [4.78, 5) is 17.4. The van der Waals surface area contributed by atoms with Crippen molar-refractivity contribution < 1.29 is 14.3 Å². The van der Waals surface area contributed by atoms with E-state index in [1.807, 2.05) is 17.0 Å². The van der Waals surface area contributed by atoms with Crippen LogP contribution >= 0.6 is 0 Å². The van der Waals surface area contributed by atoms with Gasteiger partial charge in [-0.2, -0.15) is 0 Å². The first-order valence-corrected chi connectivity index (χ1v) is 8.39. The van der Waals surface area contributed by atoms with Crippen LogP contribution in [0.5, 0.6) is 11.5 Å². The number of carbonyl (C=O) groups is 1. The minimum Gasteiger partial charge on any atom is -0.454 e. The molecular formula is C19H18N2O3. The molecular weight excluding hydrogens is 304 g/mol. The number of anilines is 2. The molecule has 0 saturated heterocycles. The van der Waals surface area contributed by atoms with E-state index in [-0.39, 0.29) is 12.7 Å². The number of carbonyl (C=O) groups excluding carboxylic acids is 1. The fourth-order valence-electron chi connectivity index (χ4n) is 3.90. The first kappa shape index (κ1) is 13.7. The number of ether oxygens (including phenoxy) is 2. The fourth-order valence-corrected chi connectivity index (χ4v) is 3.90. The number of fused-ring (bicyclic) bond motifs is 1. The van der Waals surface area contributed by atoms with Gasteiger partial charge in [0.1, 0.15) is 0 Å². The summed E-state index contributed by atoms with van der Waals surface area (Å²) in [5.74, 6) is 1.37. The maximum Gasteiger partial charge on any atom is 0.258 e. The minimum atomic E-state index is 0.0203. The molecule has 2 aromatic carbocycles. The molecule has 5 rings (SSSR count). The van der Waals surface area contributed by atoms with Crippen LogP contribution in [0, 0.1) is 0 Å². The summed E-state index contributed by atoms with van der Waals surface area (Å²) in [6.45, 7) is 2.90. The van der Waals surface area contributed by atoms with Crippen molar-refractivity contribution in [2.24, 2.45) is 0 Å². The third kappa shape index (κ3) is 1.97. The van der Waals surface area contributed by atoms with Gasteiger partial charge in [0, 0.05) is 25.2 Å². The van der Waals surface area contributed by atoms with Crippen LogP contribution in [0.25, 0.3) is 0 Å². The monoisotopic (exact) mass is 322 g/mol. The highest BCUT2D eigenvalue weighted by Crippen LogP contribution is 2.40. The van der Waals surface area contributed by atoms with E-state index in [1.54, 1.807) is 6.07 Å². The smallest absolute Gasteiger partial charge is 0.258 e. The first-order valence-electron chi connectivity index (χ1n) is 8.39. The van der Waals surface area contributed by atoms with Crippen molar-refractivity contribution in [1.29, 1.82) is 0 Å². The highest BCUT2D eigenvalue weighted by Gasteiger charge is 2.31. The lowest BCUT2D eigenvalue weighted by Crippen LogP contribution is -2.46. The van der Waals surface area contributed by atoms with E-state index < -0.39 is 0 Å². The van der Waals surface area contributed by atoms with Crippen molar-refractivity contribution in [3.05, 3.63) is 47.5 Å². The Morgan fingerprint density at radius 3 is 2.88 bits per heavy atom. The van der Waals surface area contributed by atoms with Gasteiger partial charge in [-0.1, -0.05) is 12.1 Å². The number of hydrogen-bond acceptors (Lipinski definition) is 4. The van der Waals surface area contributed by atoms with Gasteiger partial charge in [-0.25, -0.2) is 0 Å². The van der Waals surface area contributed by atoms with Gasteiger partial charge in [0.2, 0.25) is 6.79 Å². The minimum absolute atomic E-state index is 0.0203. The van der Waals surface area contributed by atoms with E-state index in [1.165, 1.54) is 17.7 Å². The number of nitrogens with zero attached hydrogens (tertiary/aromatic N) is 2.